The molecule has 0 spiro atoms. The van der Waals surface area contributed by atoms with Crippen LogP contribution in [0.1, 0.15) is 13.3 Å². The van der Waals surface area contributed by atoms with Crippen LogP contribution in [0, 0.1) is 5.41 Å². The number of methoxy groups -OCH3 is 1. The molecule has 1 nitrogen and oxygen atoms in total. The molecule has 0 radical (unpaired) electrons. The van der Waals surface area contributed by atoms with E-state index in [4.69, 9.17) is 4.74 Å². The maximum Gasteiger partial charge on any atom is 0.416 e. The smallest absolute Gasteiger partial charge is 0.384 e. The normalized spacial score (nSPS) is 27.6. The summed E-state index contributed by atoms with van der Waals surface area (Å²) in [7, 11) is 1.54. The van der Waals surface area contributed by atoms with E-state index in [0.717, 1.165) is 6.08 Å². The second kappa shape index (κ2) is 3.77. The minimum absolute atomic E-state index is 0.302. The van der Waals surface area contributed by atoms with E-state index in [9.17, 15) is 13.2 Å². The second-order valence-electron chi connectivity index (χ2n) is 3.78. The van der Waals surface area contributed by atoms with Gasteiger partial charge in [0.05, 0.1) is 12.2 Å². The average molecular weight is 206 g/mol. The van der Waals surface area contributed by atoms with Gasteiger partial charge < -0.3 is 4.74 Å². The van der Waals surface area contributed by atoms with Gasteiger partial charge in [-0.15, -0.1) is 0 Å². The number of allylic oxidation sites excluding steroid dienone is 3. The first-order valence-electron chi connectivity index (χ1n) is 4.33. The highest BCUT2D eigenvalue weighted by Gasteiger charge is 2.35. The minimum Gasteiger partial charge on any atom is -0.384 e. The zero-order valence-corrected chi connectivity index (χ0v) is 8.19. The maximum absolute atomic E-state index is 12.2. The molecule has 14 heavy (non-hydrogen) atoms. The van der Waals surface area contributed by atoms with Gasteiger partial charge in [-0.3, -0.25) is 0 Å². The molecule has 0 saturated heterocycles. The van der Waals surface area contributed by atoms with Crippen molar-refractivity contribution in [2.24, 2.45) is 5.41 Å². The van der Waals surface area contributed by atoms with Crippen molar-refractivity contribution < 1.29 is 17.9 Å². The van der Waals surface area contributed by atoms with E-state index in [2.05, 4.69) is 0 Å². The molecule has 1 atom stereocenters. The maximum atomic E-state index is 12.2. The standard InChI is InChI=1S/C10H13F3O/c1-9(7-14-2)5-3-8(4-6-9)10(11,12)13/h3-5H,6-7H2,1-2H3. The first-order valence-corrected chi connectivity index (χ1v) is 4.33. The van der Waals surface area contributed by atoms with E-state index in [-0.39, 0.29) is 5.41 Å². The fourth-order valence-electron chi connectivity index (χ4n) is 1.42. The lowest BCUT2D eigenvalue weighted by molar-refractivity contribution is -0.0890. The summed E-state index contributed by atoms with van der Waals surface area (Å²) in [6.07, 6.45) is 0.0535. The van der Waals surface area contributed by atoms with Crippen molar-refractivity contribution in [2.45, 2.75) is 19.5 Å². The summed E-state index contributed by atoms with van der Waals surface area (Å²) >= 11 is 0. The van der Waals surface area contributed by atoms with E-state index in [0.29, 0.717) is 13.0 Å². The van der Waals surface area contributed by atoms with E-state index in [1.807, 2.05) is 6.92 Å². The van der Waals surface area contributed by atoms with Gasteiger partial charge >= 0.3 is 6.18 Å². The molecule has 4 heteroatoms. The van der Waals surface area contributed by atoms with Crippen LogP contribution in [0.3, 0.4) is 0 Å². The number of ether oxygens (including phenoxy) is 1. The molecule has 80 valence electrons. The van der Waals surface area contributed by atoms with Crippen molar-refractivity contribution in [1.82, 2.24) is 0 Å². The van der Waals surface area contributed by atoms with Crippen molar-refractivity contribution in [1.29, 1.82) is 0 Å². The highest BCUT2D eigenvalue weighted by Crippen LogP contribution is 2.35. The molecule has 1 aliphatic rings. The summed E-state index contributed by atoms with van der Waals surface area (Å²) in [5, 5.41) is 0. The number of halogens is 3. The minimum atomic E-state index is -4.23. The van der Waals surface area contributed by atoms with E-state index < -0.39 is 11.7 Å². The summed E-state index contributed by atoms with van der Waals surface area (Å²) < 4.78 is 41.6. The van der Waals surface area contributed by atoms with Crippen LogP contribution in [-0.4, -0.2) is 19.9 Å². The fraction of sp³-hybridized carbons (Fsp3) is 0.600. The molecule has 0 fully saturated rings. The van der Waals surface area contributed by atoms with Gasteiger partial charge in [-0.1, -0.05) is 25.2 Å². The van der Waals surface area contributed by atoms with Gasteiger partial charge in [-0.2, -0.15) is 13.2 Å². The summed E-state index contributed by atoms with van der Waals surface area (Å²) in [5.41, 5.74) is -0.866. The topological polar surface area (TPSA) is 9.23 Å². The van der Waals surface area contributed by atoms with Crippen molar-refractivity contribution in [3.8, 4) is 0 Å². The first kappa shape index (κ1) is 11.3. The Hall–Kier alpha value is -0.770. The van der Waals surface area contributed by atoms with Crippen LogP contribution in [0.2, 0.25) is 0 Å². The number of hydrogen-bond donors (Lipinski definition) is 0. The zero-order chi connectivity index (χ0) is 10.8. The van der Waals surface area contributed by atoms with Crippen LogP contribution in [0.25, 0.3) is 0 Å². The van der Waals surface area contributed by atoms with Crippen LogP contribution < -0.4 is 0 Å². The quantitative estimate of drug-likeness (QED) is 0.674. The third-order valence-corrected chi connectivity index (χ3v) is 2.25. The Morgan fingerprint density at radius 1 is 1.50 bits per heavy atom. The predicted octanol–water partition coefficient (Wildman–Crippen LogP) is 3.09. The molecule has 0 aliphatic heterocycles. The first-order chi connectivity index (χ1) is 6.37. The molecule has 0 aromatic carbocycles. The Bertz CT molecular complexity index is 265. The van der Waals surface area contributed by atoms with E-state index in [1.54, 1.807) is 13.2 Å². The summed E-state index contributed by atoms with van der Waals surface area (Å²) in [6, 6.07) is 0. The SMILES string of the molecule is COCC1(C)C=CC(C(F)(F)F)=CC1. The Morgan fingerprint density at radius 3 is 2.50 bits per heavy atom. The van der Waals surface area contributed by atoms with Gasteiger partial charge in [0.15, 0.2) is 0 Å². The summed E-state index contributed by atoms with van der Waals surface area (Å²) in [5.74, 6) is 0. The molecule has 0 heterocycles. The lowest BCUT2D eigenvalue weighted by atomic mass is 9.82. The molecule has 0 saturated carbocycles. The Morgan fingerprint density at radius 2 is 2.14 bits per heavy atom. The Labute approximate surface area is 81.2 Å². The fourth-order valence-corrected chi connectivity index (χ4v) is 1.42. The molecule has 0 aromatic rings. The molecular formula is C10H13F3O. The Balaban J connectivity index is 2.71. The van der Waals surface area contributed by atoms with Gasteiger partial charge in [0.2, 0.25) is 0 Å². The van der Waals surface area contributed by atoms with Gasteiger partial charge in [-0.25, -0.2) is 0 Å². The van der Waals surface area contributed by atoms with Crippen LogP contribution in [-0.2, 0) is 4.74 Å². The lowest BCUT2D eigenvalue weighted by Crippen LogP contribution is -2.23. The van der Waals surface area contributed by atoms with Gasteiger partial charge in [0, 0.05) is 12.5 Å². The molecular weight excluding hydrogens is 193 g/mol. The van der Waals surface area contributed by atoms with E-state index >= 15 is 0 Å². The van der Waals surface area contributed by atoms with Gasteiger partial charge in [0.1, 0.15) is 0 Å². The third-order valence-electron chi connectivity index (χ3n) is 2.25. The lowest BCUT2D eigenvalue weighted by Gasteiger charge is -2.27. The molecule has 1 unspecified atom stereocenters. The van der Waals surface area contributed by atoms with Crippen molar-refractivity contribution in [2.75, 3.05) is 13.7 Å². The van der Waals surface area contributed by atoms with Crippen LogP contribution >= 0.6 is 0 Å². The summed E-state index contributed by atoms with van der Waals surface area (Å²) in [6.45, 7) is 2.31. The number of rotatable bonds is 2. The predicted molar refractivity (Wildman–Crippen MR) is 47.9 cm³/mol. The molecule has 1 aliphatic carbocycles. The molecule has 0 amide bonds. The molecule has 1 rings (SSSR count). The third kappa shape index (κ3) is 2.61. The van der Waals surface area contributed by atoms with Crippen molar-refractivity contribution >= 4 is 0 Å². The number of hydrogen-bond acceptors (Lipinski definition) is 1. The average Bonchev–Trinajstić information content (AvgIpc) is 2.03. The highest BCUT2D eigenvalue weighted by atomic mass is 19.4. The Kier molecular flexibility index (Phi) is 3.04. The zero-order valence-electron chi connectivity index (χ0n) is 8.19. The molecule has 0 N–H and O–H groups in total. The monoisotopic (exact) mass is 206 g/mol. The van der Waals surface area contributed by atoms with Crippen molar-refractivity contribution in [3.63, 3.8) is 0 Å². The summed E-state index contributed by atoms with van der Waals surface area (Å²) in [4.78, 5) is 0. The largest absolute Gasteiger partial charge is 0.416 e. The van der Waals surface area contributed by atoms with Gasteiger partial charge in [0.25, 0.3) is 0 Å². The number of alkyl halides is 3. The van der Waals surface area contributed by atoms with Crippen LogP contribution in [0.15, 0.2) is 23.8 Å². The van der Waals surface area contributed by atoms with E-state index in [1.165, 1.54) is 6.08 Å². The second-order valence-corrected chi connectivity index (χ2v) is 3.78. The molecule has 0 aromatic heterocycles. The highest BCUT2D eigenvalue weighted by molar-refractivity contribution is 5.29. The molecule has 0 bridgehead atoms. The van der Waals surface area contributed by atoms with Gasteiger partial charge in [-0.05, 0) is 6.42 Å². The van der Waals surface area contributed by atoms with Crippen molar-refractivity contribution in [3.05, 3.63) is 23.8 Å². The van der Waals surface area contributed by atoms with Crippen LogP contribution in [0.5, 0.6) is 0 Å². The van der Waals surface area contributed by atoms with Crippen LogP contribution in [0.4, 0.5) is 13.2 Å².